The predicted octanol–water partition coefficient (Wildman–Crippen LogP) is 3.41. The van der Waals surface area contributed by atoms with Crippen molar-refractivity contribution in [3.8, 4) is 0 Å². The SMILES string of the molecule is CNCC1CCC=CC(N2C[C@@](C)(COC)c3cnc(Nc4ccc(N5CCCC5=O)cc4)nc32)=N1. The molecule has 1 aromatic carbocycles. The van der Waals surface area contributed by atoms with E-state index in [-0.39, 0.29) is 17.4 Å². The molecule has 4 heterocycles. The number of methoxy groups -OCH3 is 1. The van der Waals surface area contributed by atoms with Gasteiger partial charge in [-0.2, -0.15) is 4.98 Å². The summed E-state index contributed by atoms with van der Waals surface area (Å²) in [4.78, 5) is 30.8. The van der Waals surface area contributed by atoms with Gasteiger partial charge in [0, 0.05) is 61.7 Å². The predicted molar refractivity (Wildman–Crippen MR) is 143 cm³/mol. The first-order chi connectivity index (χ1) is 17.5. The van der Waals surface area contributed by atoms with Gasteiger partial charge >= 0.3 is 0 Å². The highest BCUT2D eigenvalue weighted by atomic mass is 16.5. The lowest BCUT2D eigenvalue weighted by Gasteiger charge is -2.25. The van der Waals surface area contributed by atoms with E-state index in [2.05, 4.69) is 39.6 Å². The third-order valence-electron chi connectivity index (χ3n) is 7.12. The number of allylic oxidation sites excluding steroid dienone is 1. The number of aliphatic imine (C=N–C) groups is 1. The fourth-order valence-corrected chi connectivity index (χ4v) is 5.30. The molecule has 36 heavy (non-hydrogen) atoms. The van der Waals surface area contributed by atoms with Gasteiger partial charge < -0.3 is 25.2 Å². The maximum atomic E-state index is 12.1. The van der Waals surface area contributed by atoms with Gasteiger partial charge in [-0.25, -0.2) is 4.98 Å². The van der Waals surface area contributed by atoms with Crippen LogP contribution in [0.5, 0.6) is 0 Å². The molecule has 1 saturated heterocycles. The van der Waals surface area contributed by atoms with Gasteiger partial charge in [0.1, 0.15) is 11.7 Å². The summed E-state index contributed by atoms with van der Waals surface area (Å²) in [6.07, 6.45) is 9.79. The van der Waals surface area contributed by atoms with Crippen molar-refractivity contribution in [2.75, 3.05) is 55.5 Å². The van der Waals surface area contributed by atoms with Gasteiger partial charge in [-0.15, -0.1) is 0 Å². The van der Waals surface area contributed by atoms with E-state index in [0.29, 0.717) is 19.0 Å². The number of aromatic nitrogens is 2. The third kappa shape index (κ3) is 4.85. The minimum atomic E-state index is -0.242. The zero-order valence-corrected chi connectivity index (χ0v) is 21.3. The second-order valence-electron chi connectivity index (χ2n) is 10.0. The minimum absolute atomic E-state index is 0.185. The first-order valence-corrected chi connectivity index (χ1v) is 12.7. The summed E-state index contributed by atoms with van der Waals surface area (Å²) in [7, 11) is 3.70. The highest BCUT2D eigenvalue weighted by Gasteiger charge is 2.42. The standard InChI is InChI=1S/C27H35N7O2/c1-27(18-36-3)17-34(23-8-5-4-7-20(30-23)15-28-2)25-22(27)16-29-26(32-25)31-19-10-12-21(13-11-19)33-14-6-9-24(33)35/h5,8,10-13,16,20,28H,4,6-7,9,14-15,17-18H2,1-3H3,(H,29,31,32)/t20?,27-/m0/s1. The van der Waals surface area contributed by atoms with Crippen LogP contribution in [0.25, 0.3) is 0 Å². The van der Waals surface area contributed by atoms with Crippen molar-refractivity contribution in [3.05, 3.63) is 48.2 Å². The number of nitrogens with zero attached hydrogens (tertiary/aromatic N) is 5. The van der Waals surface area contributed by atoms with Gasteiger partial charge in [0.05, 0.1) is 12.6 Å². The number of carbonyl (C=O) groups excluding carboxylic acids is 1. The molecule has 9 heteroatoms. The average molecular weight is 490 g/mol. The Morgan fingerprint density at radius 1 is 1.22 bits per heavy atom. The van der Waals surface area contributed by atoms with Crippen molar-refractivity contribution in [3.63, 3.8) is 0 Å². The Kier molecular flexibility index (Phi) is 7.02. The van der Waals surface area contributed by atoms with Gasteiger partial charge in [0.25, 0.3) is 0 Å². The number of anilines is 4. The van der Waals surface area contributed by atoms with E-state index in [4.69, 9.17) is 14.7 Å². The molecule has 0 spiro atoms. The van der Waals surface area contributed by atoms with E-state index in [0.717, 1.165) is 67.5 Å². The lowest BCUT2D eigenvalue weighted by molar-refractivity contribution is -0.117. The molecule has 1 fully saturated rings. The summed E-state index contributed by atoms with van der Waals surface area (Å²) in [5.74, 6) is 2.50. The second kappa shape index (κ2) is 10.4. The zero-order chi connectivity index (χ0) is 25.1. The van der Waals surface area contributed by atoms with Gasteiger partial charge in [-0.1, -0.05) is 13.0 Å². The van der Waals surface area contributed by atoms with Gasteiger partial charge in [-0.3, -0.25) is 9.79 Å². The van der Waals surface area contributed by atoms with Crippen LogP contribution in [0.4, 0.5) is 23.1 Å². The number of rotatable bonds is 7. The molecule has 0 saturated carbocycles. The molecular formula is C27H35N7O2. The van der Waals surface area contributed by atoms with E-state index in [1.807, 2.05) is 42.4 Å². The number of nitrogens with one attached hydrogen (secondary N) is 2. The van der Waals surface area contributed by atoms with Crippen LogP contribution in [0.3, 0.4) is 0 Å². The first-order valence-electron chi connectivity index (χ1n) is 12.7. The topological polar surface area (TPSA) is 95.0 Å². The van der Waals surface area contributed by atoms with Crippen molar-refractivity contribution in [1.29, 1.82) is 0 Å². The van der Waals surface area contributed by atoms with Gasteiger partial charge in [0.2, 0.25) is 11.9 Å². The van der Waals surface area contributed by atoms with E-state index in [1.54, 1.807) is 7.11 Å². The van der Waals surface area contributed by atoms with Crippen molar-refractivity contribution in [1.82, 2.24) is 15.3 Å². The summed E-state index contributed by atoms with van der Waals surface area (Å²) in [5, 5.41) is 6.60. The van der Waals surface area contributed by atoms with Crippen LogP contribution >= 0.6 is 0 Å². The van der Waals surface area contributed by atoms with E-state index >= 15 is 0 Å². The summed E-state index contributed by atoms with van der Waals surface area (Å²) in [6.45, 7) is 5.11. The molecule has 0 bridgehead atoms. The monoisotopic (exact) mass is 489 g/mol. The molecule has 1 unspecified atom stereocenters. The molecule has 2 aromatic rings. The number of amides is 1. The smallest absolute Gasteiger partial charge is 0.229 e. The number of benzene rings is 1. The molecule has 190 valence electrons. The molecule has 0 radical (unpaired) electrons. The van der Waals surface area contributed by atoms with Gasteiger partial charge in [-0.05, 0) is 56.7 Å². The minimum Gasteiger partial charge on any atom is -0.384 e. The van der Waals surface area contributed by atoms with Crippen molar-refractivity contribution in [2.24, 2.45) is 4.99 Å². The zero-order valence-electron chi connectivity index (χ0n) is 21.3. The Labute approximate surface area is 212 Å². The Hall–Kier alpha value is -3.30. The number of hydrogen-bond acceptors (Lipinski definition) is 8. The lowest BCUT2D eigenvalue weighted by atomic mass is 9.87. The molecule has 2 atom stereocenters. The molecule has 1 amide bonds. The Bertz CT molecular complexity index is 1160. The highest BCUT2D eigenvalue weighted by Crippen LogP contribution is 2.40. The number of hydrogen-bond donors (Lipinski definition) is 2. The lowest BCUT2D eigenvalue weighted by Crippen LogP contribution is -2.38. The number of carbonyl (C=O) groups is 1. The van der Waals surface area contributed by atoms with Crippen molar-refractivity contribution < 1.29 is 9.53 Å². The molecule has 1 aromatic heterocycles. The third-order valence-corrected chi connectivity index (χ3v) is 7.12. The Balaban J connectivity index is 1.43. The highest BCUT2D eigenvalue weighted by molar-refractivity contribution is 6.07. The first kappa shape index (κ1) is 24.4. The van der Waals surface area contributed by atoms with E-state index < -0.39 is 0 Å². The average Bonchev–Trinajstić information content (AvgIpc) is 3.32. The quantitative estimate of drug-likeness (QED) is 0.615. The van der Waals surface area contributed by atoms with Crippen LogP contribution in [0, 0.1) is 0 Å². The Morgan fingerprint density at radius 2 is 2.06 bits per heavy atom. The number of fused-ring (bicyclic) bond motifs is 1. The summed E-state index contributed by atoms with van der Waals surface area (Å²) >= 11 is 0. The molecule has 9 nitrogen and oxygen atoms in total. The second-order valence-corrected chi connectivity index (χ2v) is 10.0. The van der Waals surface area contributed by atoms with E-state index in [1.165, 1.54) is 0 Å². The maximum absolute atomic E-state index is 12.1. The maximum Gasteiger partial charge on any atom is 0.229 e. The number of amidine groups is 1. The van der Waals surface area contributed by atoms with Gasteiger partial charge in [0.15, 0.2) is 0 Å². The summed E-state index contributed by atoms with van der Waals surface area (Å²) in [6, 6.07) is 8.08. The van der Waals surface area contributed by atoms with Crippen LogP contribution in [0.15, 0.2) is 47.6 Å². The van der Waals surface area contributed by atoms with Crippen LogP contribution in [0.2, 0.25) is 0 Å². The molecule has 0 aliphatic carbocycles. The molecule has 3 aliphatic rings. The van der Waals surface area contributed by atoms with Crippen molar-refractivity contribution in [2.45, 2.75) is 44.1 Å². The molecular weight excluding hydrogens is 454 g/mol. The van der Waals surface area contributed by atoms with E-state index in [9.17, 15) is 4.79 Å². The number of ether oxygens (including phenoxy) is 1. The van der Waals surface area contributed by atoms with Crippen LogP contribution in [0.1, 0.15) is 38.2 Å². The fraction of sp³-hybridized carbons (Fsp3) is 0.481. The fourth-order valence-electron chi connectivity index (χ4n) is 5.30. The molecule has 5 rings (SSSR count). The van der Waals surface area contributed by atoms with Crippen molar-refractivity contribution >= 4 is 34.9 Å². The van der Waals surface area contributed by atoms with Crippen LogP contribution in [-0.4, -0.2) is 68.2 Å². The Morgan fingerprint density at radius 3 is 2.78 bits per heavy atom. The summed E-state index contributed by atoms with van der Waals surface area (Å²) < 4.78 is 5.60. The number of likely N-dealkylation sites (N-methyl/N-ethyl adjacent to an activating group) is 1. The summed E-state index contributed by atoms with van der Waals surface area (Å²) in [5.41, 5.74) is 2.61. The van der Waals surface area contributed by atoms with Crippen LogP contribution < -0.4 is 20.4 Å². The largest absolute Gasteiger partial charge is 0.384 e. The van der Waals surface area contributed by atoms with Crippen LogP contribution in [-0.2, 0) is 14.9 Å². The normalized spacial score (nSPS) is 23.6. The molecule has 3 aliphatic heterocycles. The molecule has 2 N–H and O–H groups in total.